The second kappa shape index (κ2) is 4.30. The van der Waals surface area contributed by atoms with Crippen molar-refractivity contribution >= 4 is 0 Å². The van der Waals surface area contributed by atoms with Crippen molar-refractivity contribution in [3.8, 4) is 0 Å². The maximum Gasteiger partial charge on any atom is 0.0193 e. The van der Waals surface area contributed by atoms with E-state index in [1.807, 2.05) is 0 Å². The first-order valence-corrected chi connectivity index (χ1v) is 6.68. The molecular formula is C16H21N. The third-order valence-electron chi connectivity index (χ3n) is 4.19. The summed E-state index contributed by atoms with van der Waals surface area (Å²) in [5.74, 6) is 1.51. The molecule has 0 spiro atoms. The van der Waals surface area contributed by atoms with E-state index in [0.29, 0.717) is 5.92 Å². The maximum absolute atomic E-state index is 2.48. The Morgan fingerprint density at radius 1 is 1.12 bits per heavy atom. The van der Waals surface area contributed by atoms with Crippen LogP contribution >= 0.6 is 0 Å². The highest BCUT2D eigenvalue weighted by Gasteiger charge is 2.32. The van der Waals surface area contributed by atoms with Crippen molar-refractivity contribution in [3.05, 3.63) is 47.0 Å². The van der Waals surface area contributed by atoms with Crippen molar-refractivity contribution in [1.82, 2.24) is 4.90 Å². The summed E-state index contributed by atoms with van der Waals surface area (Å²) < 4.78 is 0. The average Bonchev–Trinajstić information content (AvgIpc) is 2.69. The molecule has 90 valence electrons. The summed E-state index contributed by atoms with van der Waals surface area (Å²) in [6, 6.07) is 11.0. The van der Waals surface area contributed by atoms with Crippen LogP contribution in [-0.2, 0) is 0 Å². The van der Waals surface area contributed by atoms with Crippen LogP contribution < -0.4 is 0 Å². The Bertz CT molecular complexity index is 432. The van der Waals surface area contributed by atoms with E-state index in [2.05, 4.69) is 49.2 Å². The Morgan fingerprint density at radius 2 is 1.88 bits per heavy atom. The van der Waals surface area contributed by atoms with Gasteiger partial charge in [0.2, 0.25) is 0 Å². The number of hydrogen-bond acceptors (Lipinski definition) is 1. The highest BCUT2D eigenvalue weighted by atomic mass is 15.1. The summed E-state index contributed by atoms with van der Waals surface area (Å²) >= 11 is 0. The summed E-state index contributed by atoms with van der Waals surface area (Å²) in [4.78, 5) is 2.48. The van der Waals surface area contributed by atoms with Gasteiger partial charge in [0.05, 0.1) is 0 Å². The first-order valence-electron chi connectivity index (χ1n) is 6.68. The van der Waals surface area contributed by atoms with Gasteiger partial charge in [-0.05, 0) is 31.4 Å². The zero-order valence-electron chi connectivity index (χ0n) is 10.8. The summed E-state index contributed by atoms with van der Waals surface area (Å²) in [5.41, 5.74) is 4.97. The van der Waals surface area contributed by atoms with E-state index in [4.69, 9.17) is 0 Å². The van der Waals surface area contributed by atoms with Gasteiger partial charge in [-0.2, -0.15) is 0 Å². The number of hydrogen-bond donors (Lipinski definition) is 0. The van der Waals surface area contributed by atoms with Gasteiger partial charge in [-0.25, -0.2) is 0 Å². The largest absolute Gasteiger partial charge is 0.302 e. The lowest BCUT2D eigenvalue weighted by atomic mass is 9.85. The lowest BCUT2D eigenvalue weighted by Crippen LogP contribution is -2.32. The Labute approximate surface area is 104 Å². The summed E-state index contributed by atoms with van der Waals surface area (Å²) in [7, 11) is 2.25. The van der Waals surface area contributed by atoms with Crippen molar-refractivity contribution in [2.24, 2.45) is 5.92 Å². The fraction of sp³-hybridized carbons (Fsp3) is 0.500. The monoisotopic (exact) mass is 227 g/mol. The molecular weight excluding hydrogens is 206 g/mol. The third kappa shape index (κ3) is 2.04. The van der Waals surface area contributed by atoms with Gasteiger partial charge in [-0.3, -0.25) is 0 Å². The highest BCUT2D eigenvalue weighted by molar-refractivity contribution is 5.37. The topological polar surface area (TPSA) is 3.24 Å². The Hall–Kier alpha value is -1.08. The first kappa shape index (κ1) is 11.0. The van der Waals surface area contributed by atoms with Gasteiger partial charge in [-0.15, -0.1) is 0 Å². The zero-order valence-corrected chi connectivity index (χ0v) is 10.8. The minimum atomic E-state index is 0.648. The molecule has 0 bridgehead atoms. The molecule has 17 heavy (non-hydrogen) atoms. The van der Waals surface area contributed by atoms with Gasteiger partial charge in [0.25, 0.3) is 0 Å². The van der Waals surface area contributed by atoms with Crippen LogP contribution in [0, 0.1) is 5.92 Å². The average molecular weight is 227 g/mol. The predicted molar refractivity (Wildman–Crippen MR) is 72.1 cm³/mol. The van der Waals surface area contributed by atoms with Crippen LogP contribution in [-0.4, -0.2) is 25.0 Å². The summed E-state index contributed by atoms with van der Waals surface area (Å²) in [6.07, 6.45) is 2.64. The van der Waals surface area contributed by atoms with E-state index in [1.54, 1.807) is 11.1 Å². The van der Waals surface area contributed by atoms with Crippen LogP contribution in [0.1, 0.15) is 31.2 Å². The molecule has 1 heterocycles. The number of benzene rings is 1. The van der Waals surface area contributed by atoms with Crippen LogP contribution in [0.4, 0.5) is 0 Å². The molecule has 0 radical (unpaired) electrons. The van der Waals surface area contributed by atoms with E-state index in [9.17, 15) is 0 Å². The van der Waals surface area contributed by atoms with E-state index in [0.717, 1.165) is 5.92 Å². The lowest BCUT2D eigenvalue weighted by Gasteiger charge is -2.32. The van der Waals surface area contributed by atoms with Crippen LogP contribution in [0.3, 0.4) is 0 Å². The molecule has 1 aliphatic heterocycles. The number of rotatable bonds is 1. The fourth-order valence-corrected chi connectivity index (χ4v) is 3.50. The van der Waals surface area contributed by atoms with Gasteiger partial charge in [0, 0.05) is 19.0 Å². The van der Waals surface area contributed by atoms with Crippen molar-refractivity contribution < 1.29 is 0 Å². The SMILES string of the molecule is CC1CC2=C(C1)C(c1ccccc1)CN(C)C2. The Morgan fingerprint density at radius 3 is 2.65 bits per heavy atom. The van der Waals surface area contributed by atoms with Crippen LogP contribution in [0.5, 0.6) is 0 Å². The molecule has 2 atom stereocenters. The molecule has 0 amide bonds. The number of likely N-dealkylation sites (N-methyl/N-ethyl adjacent to an activating group) is 1. The van der Waals surface area contributed by atoms with Gasteiger partial charge < -0.3 is 4.90 Å². The van der Waals surface area contributed by atoms with Crippen molar-refractivity contribution in [1.29, 1.82) is 0 Å². The lowest BCUT2D eigenvalue weighted by molar-refractivity contribution is 0.326. The molecule has 3 rings (SSSR count). The van der Waals surface area contributed by atoms with Gasteiger partial charge in [-0.1, -0.05) is 48.4 Å². The molecule has 1 aromatic rings. The van der Waals surface area contributed by atoms with E-state index in [-0.39, 0.29) is 0 Å². The molecule has 2 unspecified atom stereocenters. The normalized spacial score (nSPS) is 29.5. The quantitative estimate of drug-likeness (QED) is 0.664. The summed E-state index contributed by atoms with van der Waals surface area (Å²) in [6.45, 7) is 4.78. The van der Waals surface area contributed by atoms with Crippen LogP contribution in [0.15, 0.2) is 41.5 Å². The number of nitrogens with zero attached hydrogens (tertiary/aromatic N) is 1. The Kier molecular flexibility index (Phi) is 2.79. The van der Waals surface area contributed by atoms with Crippen molar-refractivity contribution in [2.45, 2.75) is 25.7 Å². The molecule has 0 saturated heterocycles. The van der Waals surface area contributed by atoms with Gasteiger partial charge in [0.15, 0.2) is 0 Å². The molecule has 0 fully saturated rings. The molecule has 1 aromatic carbocycles. The predicted octanol–water partition coefficient (Wildman–Crippen LogP) is 3.44. The second-order valence-electron chi connectivity index (χ2n) is 5.80. The molecule has 1 heteroatoms. The van der Waals surface area contributed by atoms with Crippen molar-refractivity contribution in [3.63, 3.8) is 0 Å². The minimum Gasteiger partial charge on any atom is -0.302 e. The third-order valence-corrected chi connectivity index (χ3v) is 4.19. The van der Waals surface area contributed by atoms with Crippen LogP contribution in [0.2, 0.25) is 0 Å². The van der Waals surface area contributed by atoms with Gasteiger partial charge in [0.1, 0.15) is 0 Å². The Balaban J connectivity index is 1.96. The summed E-state index contributed by atoms with van der Waals surface area (Å²) in [5, 5.41) is 0. The molecule has 1 nitrogen and oxygen atoms in total. The first-order chi connectivity index (χ1) is 8.24. The van der Waals surface area contributed by atoms with E-state index in [1.165, 1.54) is 31.5 Å². The molecule has 1 aliphatic carbocycles. The van der Waals surface area contributed by atoms with Crippen LogP contribution in [0.25, 0.3) is 0 Å². The smallest absolute Gasteiger partial charge is 0.0193 e. The standard InChI is InChI=1S/C16H21N/c1-12-8-14-10-17(2)11-16(15(14)9-12)13-6-4-3-5-7-13/h3-7,12,16H,8-11H2,1-2H3. The molecule has 2 aliphatic rings. The maximum atomic E-state index is 2.48. The van der Waals surface area contributed by atoms with E-state index >= 15 is 0 Å². The molecule has 0 saturated carbocycles. The minimum absolute atomic E-state index is 0.648. The molecule has 0 N–H and O–H groups in total. The fourth-order valence-electron chi connectivity index (χ4n) is 3.50. The van der Waals surface area contributed by atoms with Gasteiger partial charge >= 0.3 is 0 Å². The second-order valence-corrected chi connectivity index (χ2v) is 5.80. The zero-order chi connectivity index (χ0) is 11.8. The highest BCUT2D eigenvalue weighted by Crippen LogP contribution is 2.42. The van der Waals surface area contributed by atoms with Crippen molar-refractivity contribution in [2.75, 3.05) is 20.1 Å². The van der Waals surface area contributed by atoms with E-state index < -0.39 is 0 Å². The molecule has 0 aromatic heterocycles.